The van der Waals surface area contributed by atoms with Crippen molar-refractivity contribution in [2.24, 2.45) is 0 Å². The van der Waals surface area contributed by atoms with Crippen LogP contribution in [0.1, 0.15) is 16.7 Å². The van der Waals surface area contributed by atoms with Crippen molar-refractivity contribution in [2.45, 2.75) is 13.2 Å². The lowest BCUT2D eigenvalue weighted by Crippen LogP contribution is -2.27. The largest absolute Gasteiger partial charge is 0.493 e. The average molecular weight is 602 g/mol. The predicted molar refractivity (Wildman–Crippen MR) is 141 cm³/mol. The molecule has 3 aromatic carbocycles. The number of imide groups is 1. The van der Waals surface area contributed by atoms with Crippen LogP contribution in [0.25, 0.3) is 6.08 Å². The zero-order valence-electron chi connectivity index (χ0n) is 18.5. The molecule has 0 saturated carbocycles. The summed E-state index contributed by atoms with van der Waals surface area (Å²) in [5, 5.41) is 10.8. The Bertz CT molecular complexity index is 1330. The number of nitro benzene ring substituents is 1. The van der Waals surface area contributed by atoms with E-state index in [1.165, 1.54) is 25.3 Å². The topological polar surface area (TPSA) is 99.0 Å². The van der Waals surface area contributed by atoms with Gasteiger partial charge < -0.3 is 9.47 Å². The molecule has 1 aliphatic rings. The first-order chi connectivity index (χ1) is 16.9. The molecule has 1 saturated heterocycles. The van der Waals surface area contributed by atoms with E-state index in [9.17, 15) is 19.7 Å². The molecule has 1 aliphatic heterocycles. The number of halogens is 1. The third-order valence-corrected chi connectivity index (χ3v) is 6.87. The van der Waals surface area contributed by atoms with Crippen LogP contribution in [0.3, 0.4) is 0 Å². The van der Waals surface area contributed by atoms with Crippen LogP contribution in [-0.2, 0) is 17.9 Å². The molecule has 4 rings (SSSR count). The minimum absolute atomic E-state index is 0.138. The number of nitrogens with zero attached hydrogens (tertiary/aromatic N) is 2. The molecule has 0 aliphatic carbocycles. The van der Waals surface area contributed by atoms with E-state index in [4.69, 9.17) is 9.47 Å². The van der Waals surface area contributed by atoms with Crippen LogP contribution in [0.2, 0.25) is 0 Å². The van der Waals surface area contributed by atoms with Gasteiger partial charge in [-0.05, 0) is 63.7 Å². The van der Waals surface area contributed by atoms with Crippen molar-refractivity contribution in [2.75, 3.05) is 7.11 Å². The SMILES string of the molecule is COc1cc(/C=C2/SC(=O)N(Cc3ccccc3[N+](=O)[O-])C2=O)cc(I)c1OCc1ccccc1. The highest BCUT2D eigenvalue weighted by Crippen LogP contribution is 2.38. The van der Waals surface area contributed by atoms with Crippen molar-refractivity contribution in [1.82, 2.24) is 4.90 Å². The molecule has 2 amide bonds. The molecule has 0 spiro atoms. The Kier molecular flexibility index (Phi) is 7.71. The lowest BCUT2D eigenvalue weighted by molar-refractivity contribution is -0.385. The molecule has 0 bridgehead atoms. The molecule has 1 heterocycles. The number of hydrogen-bond donors (Lipinski definition) is 0. The molecule has 0 unspecified atom stereocenters. The first kappa shape index (κ1) is 24.7. The van der Waals surface area contributed by atoms with Crippen molar-refractivity contribution in [3.63, 3.8) is 0 Å². The third-order valence-electron chi connectivity index (χ3n) is 5.17. The fourth-order valence-electron chi connectivity index (χ4n) is 3.47. The number of ether oxygens (including phenoxy) is 2. The Hall–Kier alpha value is -3.38. The van der Waals surface area contributed by atoms with Crippen molar-refractivity contribution in [3.8, 4) is 11.5 Å². The van der Waals surface area contributed by atoms with Gasteiger partial charge in [-0.15, -0.1) is 0 Å². The van der Waals surface area contributed by atoms with Crippen molar-refractivity contribution in [1.29, 1.82) is 0 Å². The minimum atomic E-state index is -0.528. The van der Waals surface area contributed by atoms with Crippen LogP contribution in [0.5, 0.6) is 11.5 Å². The third kappa shape index (κ3) is 5.65. The molecular weight excluding hydrogens is 583 g/mol. The molecule has 1 fully saturated rings. The Morgan fingerprint density at radius 1 is 1.09 bits per heavy atom. The molecule has 178 valence electrons. The number of methoxy groups -OCH3 is 1. The van der Waals surface area contributed by atoms with Crippen LogP contribution in [0.4, 0.5) is 10.5 Å². The maximum atomic E-state index is 13.0. The minimum Gasteiger partial charge on any atom is -0.493 e. The van der Waals surface area contributed by atoms with Crippen LogP contribution < -0.4 is 9.47 Å². The normalized spacial score (nSPS) is 14.5. The molecule has 3 aromatic rings. The monoisotopic (exact) mass is 602 g/mol. The van der Waals surface area contributed by atoms with E-state index in [0.29, 0.717) is 23.7 Å². The van der Waals surface area contributed by atoms with Gasteiger partial charge in [-0.1, -0.05) is 48.5 Å². The number of benzene rings is 3. The summed E-state index contributed by atoms with van der Waals surface area (Å²) < 4.78 is 12.3. The van der Waals surface area contributed by atoms with Gasteiger partial charge in [-0.3, -0.25) is 24.6 Å². The second-order valence-electron chi connectivity index (χ2n) is 7.46. The van der Waals surface area contributed by atoms with Crippen molar-refractivity contribution >= 4 is 57.3 Å². The van der Waals surface area contributed by atoms with Gasteiger partial charge in [0.25, 0.3) is 16.8 Å². The number of thioether (sulfide) groups is 1. The maximum Gasteiger partial charge on any atom is 0.293 e. The smallest absolute Gasteiger partial charge is 0.293 e. The number of rotatable bonds is 8. The van der Waals surface area contributed by atoms with Gasteiger partial charge in [-0.25, -0.2) is 0 Å². The zero-order chi connectivity index (χ0) is 24.9. The summed E-state index contributed by atoms with van der Waals surface area (Å²) in [5.74, 6) is 0.577. The van der Waals surface area contributed by atoms with E-state index in [2.05, 4.69) is 22.6 Å². The molecule has 35 heavy (non-hydrogen) atoms. The van der Waals surface area contributed by atoms with Crippen molar-refractivity contribution in [3.05, 3.63) is 102 Å². The van der Waals surface area contributed by atoms with E-state index in [-0.39, 0.29) is 22.7 Å². The molecule has 0 radical (unpaired) electrons. The number of carbonyl (C=O) groups is 2. The Morgan fingerprint density at radius 2 is 1.80 bits per heavy atom. The van der Waals surface area contributed by atoms with Gasteiger partial charge in [0.1, 0.15) is 6.61 Å². The number of nitro groups is 1. The first-order valence-electron chi connectivity index (χ1n) is 10.4. The summed E-state index contributed by atoms with van der Waals surface area (Å²) in [6, 6.07) is 19.4. The summed E-state index contributed by atoms with van der Waals surface area (Å²) in [7, 11) is 1.53. The summed E-state index contributed by atoms with van der Waals surface area (Å²) in [5.41, 5.74) is 1.83. The standard InChI is InChI=1S/C25H19IN2O6S/c1-33-21-12-17(11-19(26)23(21)34-15-16-7-3-2-4-8-16)13-22-24(29)27(25(30)35-22)14-18-9-5-6-10-20(18)28(31)32/h2-13H,14-15H2,1H3/b22-13+. The molecular formula is C25H19IN2O6S. The summed E-state index contributed by atoms with van der Waals surface area (Å²) in [4.78, 5) is 37.5. The van der Waals surface area contributed by atoms with Gasteiger partial charge in [0.15, 0.2) is 11.5 Å². The molecule has 0 N–H and O–H groups in total. The Morgan fingerprint density at radius 3 is 2.51 bits per heavy atom. The summed E-state index contributed by atoms with van der Waals surface area (Å²) in [6.45, 7) is 0.198. The van der Waals surface area contributed by atoms with Gasteiger partial charge in [0.05, 0.1) is 27.1 Å². The molecule has 10 heteroatoms. The maximum absolute atomic E-state index is 13.0. The molecule has 0 aromatic heterocycles. The van der Waals surface area contributed by atoms with E-state index in [1.807, 2.05) is 36.4 Å². The van der Waals surface area contributed by atoms with Gasteiger partial charge in [0, 0.05) is 11.6 Å². The first-order valence-corrected chi connectivity index (χ1v) is 12.3. The van der Waals surface area contributed by atoms with Crippen molar-refractivity contribution < 1.29 is 24.0 Å². The fourth-order valence-corrected chi connectivity index (χ4v) is 5.09. The van der Waals surface area contributed by atoms with Crippen LogP contribution in [0.15, 0.2) is 71.6 Å². The molecule has 8 nitrogen and oxygen atoms in total. The van der Waals surface area contributed by atoms with E-state index in [1.54, 1.807) is 18.2 Å². The number of amides is 2. The highest BCUT2D eigenvalue weighted by Gasteiger charge is 2.36. The number of carbonyl (C=O) groups excluding carboxylic acids is 2. The van der Waals surface area contributed by atoms with Gasteiger partial charge >= 0.3 is 0 Å². The Labute approximate surface area is 219 Å². The van der Waals surface area contributed by atoms with Gasteiger partial charge in [0.2, 0.25) is 0 Å². The lowest BCUT2D eigenvalue weighted by Gasteiger charge is -2.14. The lowest BCUT2D eigenvalue weighted by atomic mass is 10.1. The number of para-hydroxylation sites is 1. The van der Waals surface area contributed by atoms with Crippen LogP contribution in [-0.4, -0.2) is 28.1 Å². The molecule has 0 atom stereocenters. The highest BCUT2D eigenvalue weighted by molar-refractivity contribution is 14.1. The van der Waals surface area contributed by atoms with E-state index < -0.39 is 16.1 Å². The number of hydrogen-bond acceptors (Lipinski definition) is 7. The second kappa shape index (κ2) is 10.9. The fraction of sp³-hybridized carbons (Fsp3) is 0.120. The van der Waals surface area contributed by atoms with Crippen LogP contribution in [0, 0.1) is 13.7 Å². The zero-order valence-corrected chi connectivity index (χ0v) is 21.4. The summed E-state index contributed by atoms with van der Waals surface area (Å²) in [6.07, 6.45) is 1.61. The van der Waals surface area contributed by atoms with E-state index in [0.717, 1.165) is 25.8 Å². The quantitative estimate of drug-likeness (QED) is 0.135. The van der Waals surface area contributed by atoms with Gasteiger partial charge in [-0.2, -0.15) is 0 Å². The van der Waals surface area contributed by atoms with Crippen LogP contribution >= 0.6 is 34.4 Å². The average Bonchev–Trinajstić information content (AvgIpc) is 3.11. The summed E-state index contributed by atoms with van der Waals surface area (Å²) >= 11 is 2.93. The Balaban J connectivity index is 1.55. The highest BCUT2D eigenvalue weighted by atomic mass is 127. The van der Waals surface area contributed by atoms with E-state index >= 15 is 0 Å². The predicted octanol–water partition coefficient (Wildman–Crippen LogP) is 6.02. The second-order valence-corrected chi connectivity index (χ2v) is 9.62.